The first-order valence-electron chi connectivity index (χ1n) is 6.62. The standard InChI is InChI=1S/C14H21BrN2O/c1-3-17(10-13-5-4-6-18-13)14-11(2)7-12(8-15)9-16-14/h7,9,13H,3-6,8,10H2,1-2H3. The zero-order valence-electron chi connectivity index (χ0n) is 11.2. The average Bonchev–Trinajstić information content (AvgIpc) is 2.89. The number of aromatic nitrogens is 1. The number of anilines is 1. The van der Waals surface area contributed by atoms with Crippen LogP contribution in [0.3, 0.4) is 0 Å². The van der Waals surface area contributed by atoms with Crippen molar-refractivity contribution in [1.29, 1.82) is 0 Å². The Morgan fingerprint density at radius 3 is 2.94 bits per heavy atom. The Labute approximate surface area is 118 Å². The molecule has 4 heteroatoms. The van der Waals surface area contributed by atoms with Gasteiger partial charge in [-0.05, 0) is 37.8 Å². The average molecular weight is 313 g/mol. The highest BCUT2D eigenvalue weighted by Gasteiger charge is 2.20. The van der Waals surface area contributed by atoms with Gasteiger partial charge in [-0.2, -0.15) is 0 Å². The second-order valence-corrected chi connectivity index (χ2v) is 5.35. The summed E-state index contributed by atoms with van der Waals surface area (Å²) in [4.78, 5) is 6.93. The Morgan fingerprint density at radius 1 is 1.56 bits per heavy atom. The summed E-state index contributed by atoms with van der Waals surface area (Å²) >= 11 is 3.47. The molecule has 100 valence electrons. The molecule has 0 saturated carbocycles. The normalized spacial score (nSPS) is 19.2. The molecule has 0 N–H and O–H groups in total. The van der Waals surface area contributed by atoms with Gasteiger partial charge in [0.1, 0.15) is 5.82 Å². The molecule has 1 fully saturated rings. The number of nitrogens with zero attached hydrogens (tertiary/aromatic N) is 2. The molecular formula is C14H21BrN2O. The molecule has 2 heterocycles. The molecule has 0 radical (unpaired) electrons. The number of aryl methyl sites for hydroxylation is 1. The minimum atomic E-state index is 0.377. The maximum atomic E-state index is 5.71. The molecule has 0 amide bonds. The zero-order valence-corrected chi connectivity index (χ0v) is 12.7. The van der Waals surface area contributed by atoms with E-state index in [4.69, 9.17) is 4.74 Å². The number of likely N-dealkylation sites (N-methyl/N-ethyl adjacent to an activating group) is 1. The van der Waals surface area contributed by atoms with Crippen molar-refractivity contribution in [3.8, 4) is 0 Å². The number of alkyl halides is 1. The molecule has 0 aliphatic carbocycles. The van der Waals surface area contributed by atoms with Crippen LogP contribution in [0.1, 0.15) is 30.9 Å². The van der Waals surface area contributed by atoms with Crippen molar-refractivity contribution in [3.63, 3.8) is 0 Å². The lowest BCUT2D eigenvalue weighted by Gasteiger charge is -2.26. The van der Waals surface area contributed by atoms with Crippen LogP contribution in [0, 0.1) is 6.92 Å². The van der Waals surface area contributed by atoms with E-state index in [0.29, 0.717) is 6.10 Å². The maximum Gasteiger partial charge on any atom is 0.131 e. The first-order valence-corrected chi connectivity index (χ1v) is 7.74. The Kier molecular flexibility index (Phi) is 5.01. The zero-order chi connectivity index (χ0) is 13.0. The lowest BCUT2D eigenvalue weighted by molar-refractivity contribution is 0.115. The van der Waals surface area contributed by atoms with Crippen molar-refractivity contribution in [1.82, 2.24) is 4.98 Å². The lowest BCUT2D eigenvalue weighted by Crippen LogP contribution is -2.33. The summed E-state index contributed by atoms with van der Waals surface area (Å²) in [6.07, 6.45) is 4.70. The van der Waals surface area contributed by atoms with Gasteiger partial charge in [-0.15, -0.1) is 0 Å². The fraction of sp³-hybridized carbons (Fsp3) is 0.643. The van der Waals surface area contributed by atoms with Crippen molar-refractivity contribution < 1.29 is 4.74 Å². The maximum absolute atomic E-state index is 5.71. The lowest BCUT2D eigenvalue weighted by atomic mass is 10.2. The SMILES string of the molecule is CCN(CC1CCCO1)c1ncc(CBr)cc1C. The number of ether oxygens (including phenoxy) is 1. The van der Waals surface area contributed by atoms with E-state index in [0.717, 1.165) is 30.8 Å². The summed E-state index contributed by atoms with van der Waals surface area (Å²) in [7, 11) is 0. The van der Waals surface area contributed by atoms with E-state index in [9.17, 15) is 0 Å². The molecule has 0 bridgehead atoms. The molecule has 3 nitrogen and oxygen atoms in total. The Hall–Kier alpha value is -0.610. The molecule has 2 rings (SSSR count). The highest BCUT2D eigenvalue weighted by atomic mass is 79.9. The summed E-state index contributed by atoms with van der Waals surface area (Å²) in [5, 5.41) is 0.860. The van der Waals surface area contributed by atoms with Crippen LogP contribution in [0.2, 0.25) is 0 Å². The third-order valence-corrected chi connectivity index (χ3v) is 4.04. The van der Waals surface area contributed by atoms with Crippen LogP contribution in [0.15, 0.2) is 12.3 Å². The van der Waals surface area contributed by atoms with Crippen LogP contribution in [-0.4, -0.2) is 30.8 Å². The summed E-state index contributed by atoms with van der Waals surface area (Å²) in [5.41, 5.74) is 2.47. The van der Waals surface area contributed by atoms with E-state index >= 15 is 0 Å². The quantitative estimate of drug-likeness (QED) is 0.780. The van der Waals surface area contributed by atoms with Crippen LogP contribution in [0.4, 0.5) is 5.82 Å². The van der Waals surface area contributed by atoms with Crippen LogP contribution in [0.25, 0.3) is 0 Å². The van der Waals surface area contributed by atoms with Gasteiger partial charge in [0.25, 0.3) is 0 Å². The van der Waals surface area contributed by atoms with Gasteiger partial charge in [0.2, 0.25) is 0 Å². The largest absolute Gasteiger partial charge is 0.376 e. The van der Waals surface area contributed by atoms with Crippen LogP contribution >= 0.6 is 15.9 Å². The van der Waals surface area contributed by atoms with Crippen molar-refractivity contribution >= 4 is 21.7 Å². The Bertz CT molecular complexity index is 391. The van der Waals surface area contributed by atoms with Crippen LogP contribution in [0.5, 0.6) is 0 Å². The molecule has 1 aromatic rings. The van der Waals surface area contributed by atoms with Gasteiger partial charge in [-0.1, -0.05) is 22.0 Å². The highest BCUT2D eigenvalue weighted by molar-refractivity contribution is 9.08. The minimum Gasteiger partial charge on any atom is -0.376 e. The van der Waals surface area contributed by atoms with Crippen molar-refractivity contribution in [2.75, 3.05) is 24.6 Å². The second kappa shape index (κ2) is 6.53. The van der Waals surface area contributed by atoms with Crippen LogP contribution in [-0.2, 0) is 10.1 Å². The number of hydrogen-bond acceptors (Lipinski definition) is 3. The van der Waals surface area contributed by atoms with Gasteiger partial charge >= 0.3 is 0 Å². The van der Waals surface area contributed by atoms with Crippen molar-refractivity contribution in [2.24, 2.45) is 0 Å². The number of rotatable bonds is 5. The molecule has 1 atom stereocenters. The summed E-state index contributed by atoms with van der Waals surface area (Å²) in [5.74, 6) is 1.10. The fourth-order valence-corrected chi connectivity index (χ4v) is 2.74. The van der Waals surface area contributed by atoms with Gasteiger partial charge < -0.3 is 9.64 Å². The molecule has 1 aliphatic rings. The molecular weight excluding hydrogens is 292 g/mol. The molecule has 0 aromatic carbocycles. The van der Waals surface area contributed by atoms with Gasteiger partial charge in [0, 0.05) is 31.2 Å². The first-order chi connectivity index (χ1) is 8.74. The van der Waals surface area contributed by atoms with E-state index in [-0.39, 0.29) is 0 Å². The third-order valence-electron chi connectivity index (χ3n) is 3.39. The summed E-state index contributed by atoms with van der Waals surface area (Å²) in [6.45, 7) is 7.15. The first kappa shape index (κ1) is 13.8. The smallest absolute Gasteiger partial charge is 0.131 e. The predicted molar refractivity (Wildman–Crippen MR) is 78.5 cm³/mol. The van der Waals surface area contributed by atoms with Gasteiger partial charge in [-0.25, -0.2) is 4.98 Å². The monoisotopic (exact) mass is 312 g/mol. The van der Waals surface area contributed by atoms with E-state index in [2.05, 4.69) is 45.7 Å². The number of pyridine rings is 1. The van der Waals surface area contributed by atoms with Crippen LogP contribution < -0.4 is 4.90 Å². The number of hydrogen-bond donors (Lipinski definition) is 0. The van der Waals surface area contributed by atoms with E-state index < -0.39 is 0 Å². The van der Waals surface area contributed by atoms with E-state index in [1.807, 2.05) is 6.20 Å². The van der Waals surface area contributed by atoms with Crippen molar-refractivity contribution in [3.05, 3.63) is 23.4 Å². The van der Waals surface area contributed by atoms with E-state index in [1.54, 1.807) is 0 Å². The summed E-state index contributed by atoms with van der Waals surface area (Å²) < 4.78 is 5.71. The van der Waals surface area contributed by atoms with Gasteiger partial charge in [0.15, 0.2) is 0 Å². The Balaban J connectivity index is 2.10. The summed E-state index contributed by atoms with van der Waals surface area (Å²) in [6, 6.07) is 2.20. The molecule has 1 aromatic heterocycles. The molecule has 18 heavy (non-hydrogen) atoms. The third kappa shape index (κ3) is 3.23. The fourth-order valence-electron chi connectivity index (χ4n) is 2.43. The van der Waals surface area contributed by atoms with Gasteiger partial charge in [0.05, 0.1) is 6.10 Å². The number of halogens is 1. The highest BCUT2D eigenvalue weighted by Crippen LogP contribution is 2.21. The van der Waals surface area contributed by atoms with E-state index in [1.165, 1.54) is 24.0 Å². The Morgan fingerprint density at radius 2 is 2.39 bits per heavy atom. The topological polar surface area (TPSA) is 25.4 Å². The molecule has 1 unspecified atom stereocenters. The van der Waals surface area contributed by atoms with Crippen molar-refractivity contribution in [2.45, 2.75) is 38.1 Å². The molecule has 0 spiro atoms. The second-order valence-electron chi connectivity index (χ2n) is 4.79. The predicted octanol–water partition coefficient (Wildman–Crippen LogP) is 3.29. The van der Waals surface area contributed by atoms with Gasteiger partial charge in [-0.3, -0.25) is 0 Å². The molecule has 1 saturated heterocycles. The molecule has 1 aliphatic heterocycles. The minimum absolute atomic E-state index is 0.377.